The average Bonchev–Trinajstić information content (AvgIpc) is 2.26. The van der Waals surface area contributed by atoms with Crippen molar-refractivity contribution in [2.45, 2.75) is 17.1 Å². The van der Waals surface area contributed by atoms with Gasteiger partial charge in [0.2, 0.25) is 0 Å². The quantitative estimate of drug-likeness (QED) is 0.793. The predicted molar refractivity (Wildman–Crippen MR) is 69.0 cm³/mol. The number of amides is 1. The molecule has 2 nitrogen and oxygen atoms in total. The first-order valence-corrected chi connectivity index (χ1v) is 6.47. The first-order chi connectivity index (χ1) is 7.13. The van der Waals surface area contributed by atoms with Crippen LogP contribution in [-0.2, 0) is 0 Å². The molecule has 0 radical (unpaired) electrons. The number of carbonyl (C=O) groups is 1. The number of thiol groups is 1. The van der Waals surface area contributed by atoms with Crippen LogP contribution in [0.15, 0.2) is 29.2 Å². The van der Waals surface area contributed by atoms with Crippen molar-refractivity contribution in [1.29, 1.82) is 0 Å². The Labute approximate surface area is 100 Å². The number of nitrogens with one attached hydrogen (secondary N) is 1. The Hall–Kier alpha value is -0.610. The summed E-state index contributed by atoms with van der Waals surface area (Å²) in [5.41, 5.74) is 0.682. The molecule has 1 unspecified atom stereocenters. The van der Waals surface area contributed by atoms with Gasteiger partial charge in [-0.3, -0.25) is 4.79 Å². The highest BCUT2D eigenvalue weighted by Crippen LogP contribution is 2.08. The summed E-state index contributed by atoms with van der Waals surface area (Å²) in [5, 5.41) is 3.33. The van der Waals surface area contributed by atoms with E-state index in [0.29, 0.717) is 17.4 Å². The van der Waals surface area contributed by atoms with Crippen LogP contribution in [0.2, 0.25) is 0 Å². The Bertz CT molecular complexity index is 324. The molecule has 0 aliphatic carbocycles. The molecule has 82 valence electrons. The van der Waals surface area contributed by atoms with Crippen molar-refractivity contribution in [1.82, 2.24) is 5.32 Å². The van der Waals surface area contributed by atoms with Crippen LogP contribution in [0.5, 0.6) is 0 Å². The lowest BCUT2D eigenvalue weighted by molar-refractivity contribution is 0.0954. The van der Waals surface area contributed by atoms with Crippen LogP contribution in [-0.4, -0.2) is 24.0 Å². The van der Waals surface area contributed by atoms with Crippen molar-refractivity contribution >= 4 is 30.3 Å². The standard InChI is InChI=1S/C11H15NOS2/c1-8(15-2)7-12-11(13)9-3-5-10(14)6-4-9/h3-6,8,14H,7H2,1-2H3,(H,12,13). The maximum absolute atomic E-state index is 11.6. The van der Waals surface area contributed by atoms with Crippen LogP contribution in [0.25, 0.3) is 0 Å². The highest BCUT2D eigenvalue weighted by molar-refractivity contribution is 7.99. The van der Waals surface area contributed by atoms with E-state index >= 15 is 0 Å². The highest BCUT2D eigenvalue weighted by atomic mass is 32.2. The summed E-state index contributed by atoms with van der Waals surface area (Å²) < 4.78 is 0. The molecule has 0 bridgehead atoms. The minimum Gasteiger partial charge on any atom is -0.351 e. The maximum atomic E-state index is 11.6. The predicted octanol–water partition coefficient (Wildman–Crippen LogP) is 2.46. The first-order valence-electron chi connectivity index (χ1n) is 4.73. The van der Waals surface area contributed by atoms with Gasteiger partial charge in [-0.15, -0.1) is 12.6 Å². The molecule has 0 aromatic heterocycles. The van der Waals surface area contributed by atoms with Gasteiger partial charge in [0.15, 0.2) is 0 Å². The molecule has 0 fully saturated rings. The van der Waals surface area contributed by atoms with E-state index < -0.39 is 0 Å². The van der Waals surface area contributed by atoms with Crippen molar-refractivity contribution in [3.05, 3.63) is 29.8 Å². The van der Waals surface area contributed by atoms with E-state index in [4.69, 9.17) is 0 Å². The van der Waals surface area contributed by atoms with Crippen LogP contribution in [0, 0.1) is 0 Å². The lowest BCUT2D eigenvalue weighted by Crippen LogP contribution is -2.29. The molecule has 1 N–H and O–H groups in total. The Morgan fingerprint density at radius 2 is 2.07 bits per heavy atom. The summed E-state index contributed by atoms with van der Waals surface area (Å²) in [6.07, 6.45) is 2.03. The lowest BCUT2D eigenvalue weighted by Gasteiger charge is -2.09. The minimum atomic E-state index is -0.0239. The molecule has 1 aromatic rings. The average molecular weight is 241 g/mol. The molecular formula is C11H15NOS2. The fraction of sp³-hybridized carbons (Fsp3) is 0.364. The van der Waals surface area contributed by atoms with Crippen LogP contribution in [0.4, 0.5) is 0 Å². The monoisotopic (exact) mass is 241 g/mol. The third-order valence-corrected chi connectivity index (χ3v) is 3.35. The molecule has 0 aliphatic heterocycles. The van der Waals surface area contributed by atoms with E-state index in [-0.39, 0.29) is 5.91 Å². The SMILES string of the molecule is CSC(C)CNC(=O)c1ccc(S)cc1. The summed E-state index contributed by atoms with van der Waals surface area (Å²) >= 11 is 5.90. The molecule has 1 rings (SSSR count). The van der Waals surface area contributed by atoms with Crippen LogP contribution in [0.1, 0.15) is 17.3 Å². The summed E-state index contributed by atoms with van der Waals surface area (Å²) in [6, 6.07) is 7.19. The fourth-order valence-electron chi connectivity index (χ4n) is 1.03. The Morgan fingerprint density at radius 1 is 1.47 bits per heavy atom. The second-order valence-corrected chi connectivity index (χ2v) is 5.10. The molecule has 0 saturated carbocycles. The number of thioether (sulfide) groups is 1. The van der Waals surface area contributed by atoms with Crippen LogP contribution >= 0.6 is 24.4 Å². The number of rotatable bonds is 4. The van der Waals surface area contributed by atoms with E-state index in [1.807, 2.05) is 18.4 Å². The number of carbonyl (C=O) groups excluding carboxylic acids is 1. The fourth-order valence-corrected chi connectivity index (χ4v) is 1.43. The van der Waals surface area contributed by atoms with Crippen molar-refractivity contribution in [2.24, 2.45) is 0 Å². The highest BCUT2D eigenvalue weighted by Gasteiger charge is 2.06. The van der Waals surface area contributed by atoms with E-state index in [2.05, 4.69) is 24.9 Å². The second kappa shape index (κ2) is 6.08. The zero-order valence-corrected chi connectivity index (χ0v) is 10.6. The van der Waals surface area contributed by atoms with Gasteiger partial charge in [-0.2, -0.15) is 11.8 Å². The van der Waals surface area contributed by atoms with E-state index in [9.17, 15) is 4.79 Å². The molecule has 0 aliphatic rings. The Morgan fingerprint density at radius 3 is 2.60 bits per heavy atom. The molecule has 0 saturated heterocycles. The van der Waals surface area contributed by atoms with Crippen molar-refractivity contribution in [3.63, 3.8) is 0 Å². The van der Waals surface area contributed by atoms with Crippen LogP contribution in [0.3, 0.4) is 0 Å². The van der Waals surface area contributed by atoms with Gasteiger partial charge in [-0.05, 0) is 30.5 Å². The maximum Gasteiger partial charge on any atom is 0.251 e. The van der Waals surface area contributed by atoms with Crippen molar-refractivity contribution < 1.29 is 4.79 Å². The smallest absolute Gasteiger partial charge is 0.251 e. The summed E-state index contributed by atoms with van der Waals surface area (Å²) in [6.45, 7) is 2.78. The molecule has 4 heteroatoms. The van der Waals surface area contributed by atoms with Gasteiger partial charge in [-0.1, -0.05) is 6.92 Å². The largest absolute Gasteiger partial charge is 0.351 e. The number of hydrogen-bond acceptors (Lipinski definition) is 3. The van der Waals surface area contributed by atoms with E-state index in [0.717, 1.165) is 4.90 Å². The zero-order valence-electron chi connectivity index (χ0n) is 8.86. The van der Waals surface area contributed by atoms with Gasteiger partial charge >= 0.3 is 0 Å². The Kier molecular flexibility index (Phi) is 5.05. The Balaban J connectivity index is 2.50. The summed E-state index contributed by atoms with van der Waals surface area (Å²) in [4.78, 5) is 12.5. The molecule has 0 heterocycles. The van der Waals surface area contributed by atoms with Gasteiger partial charge in [0.25, 0.3) is 5.91 Å². The van der Waals surface area contributed by atoms with Crippen molar-refractivity contribution in [3.8, 4) is 0 Å². The molecule has 1 aromatic carbocycles. The molecule has 1 amide bonds. The minimum absolute atomic E-state index is 0.0239. The number of benzene rings is 1. The van der Waals surface area contributed by atoms with Gasteiger partial charge in [0.1, 0.15) is 0 Å². The molecule has 0 spiro atoms. The topological polar surface area (TPSA) is 29.1 Å². The van der Waals surface area contributed by atoms with Crippen molar-refractivity contribution in [2.75, 3.05) is 12.8 Å². The normalized spacial score (nSPS) is 12.2. The second-order valence-electron chi connectivity index (χ2n) is 3.30. The van der Waals surface area contributed by atoms with Gasteiger partial charge in [-0.25, -0.2) is 0 Å². The third kappa shape index (κ3) is 4.18. The molecule has 1 atom stereocenters. The molecular weight excluding hydrogens is 226 g/mol. The summed E-state index contributed by atoms with van der Waals surface area (Å²) in [5.74, 6) is -0.0239. The lowest BCUT2D eigenvalue weighted by atomic mass is 10.2. The number of hydrogen-bond donors (Lipinski definition) is 2. The van der Waals surface area contributed by atoms with Gasteiger partial charge < -0.3 is 5.32 Å². The molecule has 15 heavy (non-hydrogen) atoms. The third-order valence-electron chi connectivity index (χ3n) is 2.08. The first kappa shape index (κ1) is 12.5. The van der Waals surface area contributed by atoms with E-state index in [1.54, 1.807) is 23.9 Å². The summed E-state index contributed by atoms with van der Waals surface area (Å²) in [7, 11) is 0. The van der Waals surface area contributed by atoms with Gasteiger partial charge in [0.05, 0.1) is 0 Å². The van der Waals surface area contributed by atoms with Crippen LogP contribution < -0.4 is 5.32 Å². The zero-order chi connectivity index (χ0) is 11.3. The van der Waals surface area contributed by atoms with E-state index in [1.165, 1.54) is 0 Å². The van der Waals surface area contributed by atoms with Gasteiger partial charge in [0, 0.05) is 22.3 Å².